The molecule has 0 heterocycles. The molecular weight excluding hydrogens is 294 g/mol. The Morgan fingerprint density at radius 2 is 1.29 bits per heavy atom. The van der Waals surface area contributed by atoms with Crippen LogP contribution in [0.5, 0.6) is 0 Å². The van der Waals surface area contributed by atoms with E-state index in [0.29, 0.717) is 0 Å². The predicted octanol–water partition coefficient (Wildman–Crippen LogP) is 1.52. The Bertz CT molecular complexity index is 682. The van der Waals surface area contributed by atoms with Crippen LogP contribution in [0.4, 0.5) is 0 Å². The van der Waals surface area contributed by atoms with Crippen LogP contribution < -0.4 is 4.72 Å². The van der Waals surface area contributed by atoms with Gasteiger partial charge in [-0.2, -0.15) is 8.42 Å². The maximum atomic E-state index is 11.7. The quantitative estimate of drug-likeness (QED) is 0.925. The van der Waals surface area contributed by atoms with Crippen molar-refractivity contribution >= 4 is 22.2 Å². The van der Waals surface area contributed by atoms with Crippen LogP contribution in [0.1, 0.15) is 20.7 Å². The number of nitrogens with one attached hydrogen (secondary N) is 1. The standard InChI is InChI=1S/C14H11NO5S/c16-13(11-7-3-1-4-8-11)15-21(18,19)20-14(17)12-9-5-2-6-10-12/h1-10H,(H,15,16). The van der Waals surface area contributed by atoms with Gasteiger partial charge in [-0.3, -0.25) is 4.79 Å². The Morgan fingerprint density at radius 3 is 1.81 bits per heavy atom. The highest BCUT2D eigenvalue weighted by Gasteiger charge is 2.21. The Labute approximate surface area is 121 Å². The van der Waals surface area contributed by atoms with Crippen LogP contribution in [0.2, 0.25) is 0 Å². The molecule has 0 saturated heterocycles. The minimum Gasteiger partial charge on any atom is -0.325 e. The number of rotatable bonds is 4. The summed E-state index contributed by atoms with van der Waals surface area (Å²) in [5.41, 5.74) is 0.201. The van der Waals surface area contributed by atoms with Gasteiger partial charge in [-0.05, 0) is 24.3 Å². The molecule has 0 aliphatic carbocycles. The van der Waals surface area contributed by atoms with Crippen molar-refractivity contribution < 1.29 is 22.2 Å². The second-order valence-electron chi connectivity index (χ2n) is 3.99. The molecule has 1 N–H and O–H groups in total. The Morgan fingerprint density at radius 1 is 0.810 bits per heavy atom. The van der Waals surface area contributed by atoms with Crippen molar-refractivity contribution in [3.63, 3.8) is 0 Å². The highest BCUT2D eigenvalue weighted by molar-refractivity contribution is 7.85. The molecule has 0 spiro atoms. The summed E-state index contributed by atoms with van der Waals surface area (Å²) in [6.45, 7) is 0. The first-order chi connectivity index (χ1) is 9.98. The van der Waals surface area contributed by atoms with Gasteiger partial charge in [0.2, 0.25) is 0 Å². The molecule has 2 aromatic carbocycles. The third kappa shape index (κ3) is 4.15. The second-order valence-corrected chi connectivity index (χ2v) is 5.27. The van der Waals surface area contributed by atoms with E-state index in [-0.39, 0.29) is 11.1 Å². The molecule has 0 radical (unpaired) electrons. The van der Waals surface area contributed by atoms with Gasteiger partial charge in [0.25, 0.3) is 5.91 Å². The molecule has 1 amide bonds. The number of hydrogen-bond donors (Lipinski definition) is 1. The lowest BCUT2D eigenvalue weighted by atomic mass is 10.2. The van der Waals surface area contributed by atoms with Crippen molar-refractivity contribution in [1.29, 1.82) is 0 Å². The second kappa shape index (κ2) is 6.19. The number of benzene rings is 2. The zero-order valence-electron chi connectivity index (χ0n) is 10.7. The molecule has 0 aliphatic rings. The van der Waals surface area contributed by atoms with E-state index in [1.54, 1.807) is 41.1 Å². The molecule has 0 unspecified atom stereocenters. The van der Waals surface area contributed by atoms with Crippen LogP contribution in [0, 0.1) is 0 Å². The van der Waals surface area contributed by atoms with Crippen molar-refractivity contribution in [3.05, 3.63) is 71.8 Å². The number of carbonyl (C=O) groups excluding carboxylic acids is 2. The summed E-state index contributed by atoms with van der Waals surface area (Å²) in [5.74, 6) is -1.94. The van der Waals surface area contributed by atoms with Gasteiger partial charge in [0.1, 0.15) is 0 Å². The first-order valence-electron chi connectivity index (χ1n) is 5.89. The summed E-state index contributed by atoms with van der Waals surface area (Å²) in [5, 5.41) is 0. The lowest BCUT2D eigenvalue weighted by molar-refractivity contribution is 0.0743. The van der Waals surface area contributed by atoms with Crippen LogP contribution in [0.3, 0.4) is 0 Å². The summed E-state index contributed by atoms with van der Waals surface area (Å²) >= 11 is 0. The molecule has 0 atom stereocenters. The highest BCUT2D eigenvalue weighted by atomic mass is 32.2. The van der Waals surface area contributed by atoms with Crippen molar-refractivity contribution in [2.45, 2.75) is 0 Å². The minimum atomic E-state index is -4.53. The maximum absolute atomic E-state index is 11.7. The minimum absolute atomic E-state index is 0.0648. The first kappa shape index (κ1) is 14.7. The van der Waals surface area contributed by atoms with Gasteiger partial charge in [-0.25, -0.2) is 9.52 Å². The monoisotopic (exact) mass is 305 g/mol. The molecule has 0 saturated carbocycles. The van der Waals surface area contributed by atoms with E-state index >= 15 is 0 Å². The zero-order chi connectivity index (χ0) is 15.3. The van der Waals surface area contributed by atoms with Gasteiger partial charge in [-0.1, -0.05) is 36.4 Å². The smallest absolute Gasteiger partial charge is 0.325 e. The van der Waals surface area contributed by atoms with Gasteiger partial charge in [0, 0.05) is 5.56 Å². The molecule has 21 heavy (non-hydrogen) atoms. The van der Waals surface area contributed by atoms with Crippen molar-refractivity contribution in [1.82, 2.24) is 4.72 Å². The molecule has 2 rings (SSSR count). The van der Waals surface area contributed by atoms with Crippen LogP contribution >= 0.6 is 0 Å². The number of carbonyl (C=O) groups is 2. The Kier molecular flexibility index (Phi) is 4.34. The third-order valence-corrected chi connectivity index (χ3v) is 3.25. The number of amides is 1. The molecule has 0 aliphatic heterocycles. The summed E-state index contributed by atoms with van der Waals surface area (Å²) in [7, 11) is -4.53. The Balaban J connectivity index is 2.06. The topological polar surface area (TPSA) is 89.5 Å². The van der Waals surface area contributed by atoms with E-state index in [1.807, 2.05) is 0 Å². The largest absolute Gasteiger partial charge is 0.412 e. The average molecular weight is 305 g/mol. The van der Waals surface area contributed by atoms with Crippen LogP contribution in [0.15, 0.2) is 60.7 Å². The summed E-state index contributed by atoms with van der Waals surface area (Å²) in [6, 6.07) is 15.3. The summed E-state index contributed by atoms with van der Waals surface area (Å²) < 4.78 is 29.2. The van der Waals surface area contributed by atoms with Crippen molar-refractivity contribution in [3.8, 4) is 0 Å². The fourth-order valence-corrected chi connectivity index (χ4v) is 2.19. The molecule has 0 fully saturated rings. The molecule has 2 aromatic rings. The van der Waals surface area contributed by atoms with E-state index in [0.717, 1.165) is 0 Å². The highest BCUT2D eigenvalue weighted by Crippen LogP contribution is 2.05. The van der Waals surface area contributed by atoms with Crippen LogP contribution in [0.25, 0.3) is 0 Å². The van der Waals surface area contributed by atoms with Crippen LogP contribution in [-0.4, -0.2) is 20.3 Å². The van der Waals surface area contributed by atoms with Gasteiger partial charge in [0.15, 0.2) is 0 Å². The van der Waals surface area contributed by atoms with Gasteiger partial charge in [-0.15, -0.1) is 0 Å². The normalized spacial score (nSPS) is 10.7. The lowest BCUT2D eigenvalue weighted by Crippen LogP contribution is -2.33. The van der Waals surface area contributed by atoms with Gasteiger partial charge in [0.05, 0.1) is 5.56 Å². The van der Waals surface area contributed by atoms with E-state index in [1.165, 1.54) is 24.3 Å². The predicted molar refractivity (Wildman–Crippen MR) is 74.7 cm³/mol. The maximum Gasteiger partial charge on any atom is 0.412 e. The van der Waals surface area contributed by atoms with E-state index in [9.17, 15) is 18.0 Å². The van der Waals surface area contributed by atoms with Gasteiger partial charge < -0.3 is 4.18 Å². The molecule has 6 nitrogen and oxygen atoms in total. The van der Waals surface area contributed by atoms with E-state index in [2.05, 4.69) is 4.18 Å². The van der Waals surface area contributed by atoms with Crippen LogP contribution in [-0.2, 0) is 14.5 Å². The Hall–Kier alpha value is -2.67. The average Bonchev–Trinajstić information content (AvgIpc) is 2.48. The fourth-order valence-electron chi connectivity index (χ4n) is 1.50. The number of hydrogen-bond acceptors (Lipinski definition) is 5. The fraction of sp³-hybridized carbons (Fsp3) is 0. The van der Waals surface area contributed by atoms with E-state index in [4.69, 9.17) is 0 Å². The SMILES string of the molecule is O=C(NS(=O)(=O)OC(=O)c1ccccc1)c1ccccc1. The summed E-state index contributed by atoms with van der Waals surface area (Å²) in [6.07, 6.45) is 0. The van der Waals surface area contributed by atoms with Gasteiger partial charge >= 0.3 is 16.3 Å². The molecule has 0 aromatic heterocycles. The lowest BCUT2D eigenvalue weighted by Gasteiger charge is -2.07. The third-order valence-electron chi connectivity index (χ3n) is 2.45. The first-order valence-corrected chi connectivity index (χ1v) is 7.30. The molecule has 7 heteroatoms. The van der Waals surface area contributed by atoms with E-state index < -0.39 is 22.2 Å². The molecular formula is C14H11NO5S. The molecule has 0 bridgehead atoms. The van der Waals surface area contributed by atoms with Crippen molar-refractivity contribution in [2.24, 2.45) is 0 Å². The molecule has 108 valence electrons. The zero-order valence-corrected chi connectivity index (χ0v) is 11.5. The van der Waals surface area contributed by atoms with Crippen molar-refractivity contribution in [2.75, 3.05) is 0 Å². The summed E-state index contributed by atoms with van der Waals surface area (Å²) in [4.78, 5) is 23.3.